The summed E-state index contributed by atoms with van der Waals surface area (Å²) in [5.41, 5.74) is 0. The fraction of sp³-hybridized carbons (Fsp3) is 0.929. The van der Waals surface area contributed by atoms with Crippen molar-refractivity contribution in [3.05, 3.63) is 0 Å². The number of carbonyl (C=O) groups excluding carboxylic acids is 1. The van der Waals surface area contributed by atoms with Crippen LogP contribution >= 0.6 is 0 Å². The van der Waals surface area contributed by atoms with Crippen LogP contribution in [-0.2, 0) is 14.6 Å². The Bertz CT molecular complexity index is 416. The maximum absolute atomic E-state index is 12.0. The standard InChI is InChI=1S/C14H26N2O3S/c1-11(12-3-2-6-15-10-12)9-14(17)16-13-4-7-20(18,19)8-5-13/h11-13,15H,2-10H2,1H3,(H,16,17). The van der Waals surface area contributed by atoms with E-state index in [1.807, 2.05) is 0 Å². The first-order valence-electron chi connectivity index (χ1n) is 7.67. The number of carbonyl (C=O) groups is 1. The molecule has 2 fully saturated rings. The molecule has 0 bridgehead atoms. The molecule has 0 aliphatic carbocycles. The van der Waals surface area contributed by atoms with Crippen LogP contribution in [0.15, 0.2) is 0 Å². The number of amides is 1. The normalized spacial score (nSPS) is 28.8. The van der Waals surface area contributed by atoms with Gasteiger partial charge in [-0.05, 0) is 50.6 Å². The molecule has 2 aliphatic heterocycles. The van der Waals surface area contributed by atoms with Gasteiger partial charge in [-0.3, -0.25) is 4.79 Å². The molecule has 116 valence electrons. The van der Waals surface area contributed by atoms with Crippen molar-refractivity contribution in [3.63, 3.8) is 0 Å². The number of rotatable bonds is 4. The lowest BCUT2D eigenvalue weighted by molar-refractivity contribution is -0.123. The number of piperidine rings is 1. The minimum absolute atomic E-state index is 0.0442. The molecule has 2 unspecified atom stereocenters. The first kappa shape index (κ1) is 15.8. The topological polar surface area (TPSA) is 75.3 Å². The quantitative estimate of drug-likeness (QED) is 0.802. The molecule has 0 aromatic carbocycles. The van der Waals surface area contributed by atoms with Gasteiger partial charge in [0.2, 0.25) is 5.91 Å². The number of hydrogen-bond donors (Lipinski definition) is 2. The summed E-state index contributed by atoms with van der Waals surface area (Å²) in [5, 5.41) is 6.38. The van der Waals surface area contributed by atoms with Gasteiger partial charge in [-0.15, -0.1) is 0 Å². The Balaban J connectivity index is 1.72. The van der Waals surface area contributed by atoms with E-state index in [9.17, 15) is 13.2 Å². The molecular weight excluding hydrogens is 276 g/mol. The predicted molar refractivity (Wildman–Crippen MR) is 79.2 cm³/mol. The Kier molecular flexibility index (Phi) is 5.43. The zero-order chi connectivity index (χ0) is 14.6. The van der Waals surface area contributed by atoms with Gasteiger partial charge in [-0.25, -0.2) is 8.42 Å². The van der Waals surface area contributed by atoms with Gasteiger partial charge < -0.3 is 10.6 Å². The SMILES string of the molecule is CC(CC(=O)NC1CCS(=O)(=O)CC1)C1CCCNC1. The summed E-state index contributed by atoms with van der Waals surface area (Å²) in [6, 6.07) is 0.0442. The van der Waals surface area contributed by atoms with Gasteiger partial charge in [0.05, 0.1) is 11.5 Å². The lowest BCUT2D eigenvalue weighted by Crippen LogP contribution is -2.42. The van der Waals surface area contributed by atoms with Crippen molar-refractivity contribution in [3.8, 4) is 0 Å². The van der Waals surface area contributed by atoms with Crippen molar-refractivity contribution in [1.29, 1.82) is 0 Å². The van der Waals surface area contributed by atoms with Crippen molar-refractivity contribution >= 4 is 15.7 Å². The van der Waals surface area contributed by atoms with Crippen LogP contribution in [0.3, 0.4) is 0 Å². The molecule has 0 radical (unpaired) electrons. The molecule has 2 atom stereocenters. The van der Waals surface area contributed by atoms with Crippen LogP contribution in [0.5, 0.6) is 0 Å². The van der Waals surface area contributed by atoms with Gasteiger partial charge in [0.1, 0.15) is 9.84 Å². The Morgan fingerprint density at radius 3 is 2.60 bits per heavy atom. The summed E-state index contributed by atoms with van der Waals surface area (Å²) < 4.78 is 22.7. The summed E-state index contributed by atoms with van der Waals surface area (Å²) in [5.74, 6) is 1.46. The van der Waals surface area contributed by atoms with E-state index in [1.165, 1.54) is 12.8 Å². The third-order valence-corrected chi connectivity index (χ3v) is 6.28. The van der Waals surface area contributed by atoms with Gasteiger partial charge in [0.15, 0.2) is 0 Å². The molecule has 0 aromatic rings. The average molecular weight is 302 g/mol. The Labute approximate surface area is 121 Å². The second-order valence-electron chi connectivity index (χ2n) is 6.28. The summed E-state index contributed by atoms with van der Waals surface area (Å²) in [4.78, 5) is 12.0. The number of nitrogens with one attached hydrogen (secondary N) is 2. The van der Waals surface area contributed by atoms with Gasteiger partial charge in [0, 0.05) is 12.5 Å². The molecule has 0 saturated carbocycles. The lowest BCUT2D eigenvalue weighted by Gasteiger charge is -2.29. The van der Waals surface area contributed by atoms with E-state index in [2.05, 4.69) is 17.6 Å². The van der Waals surface area contributed by atoms with Crippen molar-refractivity contribution in [2.75, 3.05) is 24.6 Å². The van der Waals surface area contributed by atoms with Gasteiger partial charge >= 0.3 is 0 Å². The molecule has 0 spiro atoms. The van der Waals surface area contributed by atoms with Crippen LogP contribution in [0.25, 0.3) is 0 Å². The zero-order valence-corrected chi connectivity index (χ0v) is 13.0. The summed E-state index contributed by atoms with van der Waals surface area (Å²) in [7, 11) is -2.85. The zero-order valence-electron chi connectivity index (χ0n) is 12.2. The van der Waals surface area contributed by atoms with E-state index in [0.717, 1.165) is 13.1 Å². The molecule has 5 nitrogen and oxygen atoms in total. The first-order chi connectivity index (χ1) is 9.46. The van der Waals surface area contributed by atoms with E-state index in [0.29, 0.717) is 31.1 Å². The van der Waals surface area contributed by atoms with Crippen LogP contribution in [0, 0.1) is 11.8 Å². The molecule has 2 aliphatic rings. The van der Waals surface area contributed by atoms with E-state index in [4.69, 9.17) is 0 Å². The highest BCUT2D eigenvalue weighted by Crippen LogP contribution is 2.22. The van der Waals surface area contributed by atoms with Crippen LogP contribution in [0.4, 0.5) is 0 Å². The largest absolute Gasteiger partial charge is 0.353 e. The maximum Gasteiger partial charge on any atom is 0.220 e. The Hall–Kier alpha value is -0.620. The van der Waals surface area contributed by atoms with Crippen molar-refractivity contribution in [2.24, 2.45) is 11.8 Å². The maximum atomic E-state index is 12.0. The molecule has 2 heterocycles. The molecule has 20 heavy (non-hydrogen) atoms. The minimum Gasteiger partial charge on any atom is -0.353 e. The summed E-state index contributed by atoms with van der Waals surface area (Å²) in [6.07, 6.45) is 4.07. The van der Waals surface area contributed by atoms with Crippen molar-refractivity contribution in [2.45, 2.75) is 45.1 Å². The van der Waals surface area contributed by atoms with E-state index in [-0.39, 0.29) is 23.5 Å². The van der Waals surface area contributed by atoms with Crippen LogP contribution in [0.2, 0.25) is 0 Å². The third kappa shape index (κ3) is 4.74. The highest BCUT2D eigenvalue weighted by Gasteiger charge is 2.26. The van der Waals surface area contributed by atoms with E-state index < -0.39 is 9.84 Å². The molecule has 1 amide bonds. The highest BCUT2D eigenvalue weighted by molar-refractivity contribution is 7.91. The smallest absolute Gasteiger partial charge is 0.220 e. The van der Waals surface area contributed by atoms with Crippen molar-refractivity contribution < 1.29 is 13.2 Å². The molecular formula is C14H26N2O3S. The fourth-order valence-corrected chi connectivity index (χ4v) is 4.64. The van der Waals surface area contributed by atoms with Crippen LogP contribution in [-0.4, -0.2) is 45.0 Å². The molecule has 2 N–H and O–H groups in total. The monoisotopic (exact) mass is 302 g/mol. The highest BCUT2D eigenvalue weighted by atomic mass is 32.2. The Morgan fingerprint density at radius 2 is 2.00 bits per heavy atom. The number of hydrogen-bond acceptors (Lipinski definition) is 4. The molecule has 6 heteroatoms. The molecule has 2 rings (SSSR count). The van der Waals surface area contributed by atoms with Gasteiger partial charge in [-0.1, -0.05) is 6.92 Å². The van der Waals surface area contributed by atoms with Gasteiger partial charge in [-0.2, -0.15) is 0 Å². The average Bonchev–Trinajstić information content (AvgIpc) is 2.42. The lowest BCUT2D eigenvalue weighted by atomic mass is 9.85. The summed E-state index contributed by atoms with van der Waals surface area (Å²) >= 11 is 0. The number of sulfone groups is 1. The van der Waals surface area contributed by atoms with Crippen molar-refractivity contribution in [1.82, 2.24) is 10.6 Å². The summed E-state index contributed by atoms with van der Waals surface area (Å²) in [6.45, 7) is 4.24. The van der Waals surface area contributed by atoms with Gasteiger partial charge in [0.25, 0.3) is 0 Å². The van der Waals surface area contributed by atoms with Crippen LogP contribution < -0.4 is 10.6 Å². The Morgan fingerprint density at radius 1 is 1.30 bits per heavy atom. The second-order valence-corrected chi connectivity index (χ2v) is 8.59. The fourth-order valence-electron chi connectivity index (χ4n) is 3.14. The minimum atomic E-state index is -2.85. The van der Waals surface area contributed by atoms with E-state index >= 15 is 0 Å². The second kappa shape index (κ2) is 6.89. The predicted octanol–water partition coefficient (Wildman–Crippen LogP) is 0.706. The molecule has 0 aromatic heterocycles. The molecule has 2 saturated heterocycles. The van der Waals surface area contributed by atoms with Crippen LogP contribution in [0.1, 0.15) is 39.0 Å². The first-order valence-corrected chi connectivity index (χ1v) is 9.49. The van der Waals surface area contributed by atoms with E-state index in [1.54, 1.807) is 0 Å². The third-order valence-electron chi connectivity index (χ3n) is 4.57.